The molecule has 1 atom stereocenters. The molecule has 0 bridgehead atoms. The Bertz CT molecular complexity index is 424. The molecule has 1 aliphatic carbocycles. The number of aliphatic hydroxyl groups is 1. The summed E-state index contributed by atoms with van der Waals surface area (Å²) in [5, 5.41) is 10.5. The largest absolute Gasteiger partial charge is 0.384 e. The summed E-state index contributed by atoms with van der Waals surface area (Å²) in [5.41, 5.74) is 2.82. The van der Waals surface area contributed by atoms with Crippen molar-refractivity contribution in [1.29, 1.82) is 0 Å². The van der Waals surface area contributed by atoms with Gasteiger partial charge in [-0.05, 0) is 31.2 Å². The highest BCUT2D eigenvalue weighted by atomic mass is 16.3. The Hall–Kier alpha value is -1.15. The Labute approximate surface area is 89.7 Å². The van der Waals surface area contributed by atoms with Crippen molar-refractivity contribution in [2.24, 2.45) is 4.99 Å². The normalized spacial score (nSPS) is 29.0. The SMILES string of the molecule is OC12CCCN=C1c1ccccc1CC2. The minimum Gasteiger partial charge on any atom is -0.384 e. The van der Waals surface area contributed by atoms with Crippen molar-refractivity contribution < 1.29 is 5.11 Å². The van der Waals surface area contributed by atoms with Crippen molar-refractivity contribution in [2.75, 3.05) is 6.54 Å². The van der Waals surface area contributed by atoms with E-state index < -0.39 is 5.60 Å². The number of hydrogen-bond donors (Lipinski definition) is 1. The third-order valence-corrected chi connectivity index (χ3v) is 3.54. The fourth-order valence-electron chi connectivity index (χ4n) is 2.72. The van der Waals surface area contributed by atoms with Gasteiger partial charge in [0.2, 0.25) is 0 Å². The van der Waals surface area contributed by atoms with Crippen molar-refractivity contribution in [3.05, 3.63) is 35.4 Å². The first-order valence-corrected chi connectivity index (χ1v) is 5.65. The molecule has 1 N–H and O–H groups in total. The predicted molar refractivity (Wildman–Crippen MR) is 60.4 cm³/mol. The third-order valence-electron chi connectivity index (χ3n) is 3.54. The molecule has 15 heavy (non-hydrogen) atoms. The molecule has 0 saturated heterocycles. The van der Waals surface area contributed by atoms with Crippen molar-refractivity contribution in [2.45, 2.75) is 31.3 Å². The summed E-state index contributed by atoms with van der Waals surface area (Å²) in [6.07, 6.45) is 3.71. The second-order valence-corrected chi connectivity index (χ2v) is 4.52. The molecule has 0 saturated carbocycles. The highest BCUT2D eigenvalue weighted by molar-refractivity contribution is 6.08. The number of benzene rings is 1. The van der Waals surface area contributed by atoms with Gasteiger partial charge in [0.1, 0.15) is 5.60 Å². The molecule has 1 heterocycles. The van der Waals surface area contributed by atoms with Gasteiger partial charge in [0.15, 0.2) is 0 Å². The topological polar surface area (TPSA) is 32.6 Å². The summed E-state index contributed by atoms with van der Waals surface area (Å²) >= 11 is 0. The highest BCUT2D eigenvalue weighted by Gasteiger charge is 2.39. The molecule has 1 aromatic carbocycles. The average molecular weight is 201 g/mol. The Morgan fingerprint density at radius 1 is 1.20 bits per heavy atom. The van der Waals surface area contributed by atoms with Gasteiger partial charge in [-0.15, -0.1) is 0 Å². The Morgan fingerprint density at radius 3 is 3.00 bits per heavy atom. The molecule has 1 aromatic rings. The second-order valence-electron chi connectivity index (χ2n) is 4.52. The molecule has 78 valence electrons. The lowest BCUT2D eigenvalue weighted by atomic mass is 9.75. The molecule has 0 fully saturated rings. The predicted octanol–water partition coefficient (Wildman–Crippen LogP) is 1.95. The van der Waals surface area contributed by atoms with Crippen LogP contribution in [-0.4, -0.2) is 23.0 Å². The summed E-state index contributed by atoms with van der Waals surface area (Å²) in [5.74, 6) is 0. The van der Waals surface area contributed by atoms with Crippen LogP contribution in [0.4, 0.5) is 0 Å². The molecule has 1 aliphatic heterocycles. The molecule has 2 nitrogen and oxygen atoms in total. The van der Waals surface area contributed by atoms with Crippen molar-refractivity contribution in [3.63, 3.8) is 0 Å². The summed E-state index contributed by atoms with van der Waals surface area (Å²) in [4.78, 5) is 4.53. The monoisotopic (exact) mass is 201 g/mol. The zero-order valence-electron chi connectivity index (χ0n) is 8.74. The summed E-state index contributed by atoms with van der Waals surface area (Å²) in [7, 11) is 0. The second kappa shape index (κ2) is 3.17. The molecule has 0 spiro atoms. The lowest BCUT2D eigenvalue weighted by Crippen LogP contribution is -2.45. The average Bonchev–Trinajstić information content (AvgIpc) is 2.28. The summed E-state index contributed by atoms with van der Waals surface area (Å²) in [6.45, 7) is 0.867. The van der Waals surface area contributed by atoms with Gasteiger partial charge in [-0.25, -0.2) is 0 Å². The molecule has 2 heteroatoms. The molecule has 2 aliphatic rings. The van der Waals surface area contributed by atoms with Crippen LogP contribution in [0.5, 0.6) is 0 Å². The van der Waals surface area contributed by atoms with Crippen LogP contribution in [0.3, 0.4) is 0 Å². The Balaban J connectivity index is 2.16. The van der Waals surface area contributed by atoms with Crippen LogP contribution < -0.4 is 0 Å². The van der Waals surface area contributed by atoms with E-state index >= 15 is 0 Å². The van der Waals surface area contributed by atoms with E-state index in [1.165, 1.54) is 11.1 Å². The molecule has 3 rings (SSSR count). The van der Waals surface area contributed by atoms with Crippen LogP contribution in [0.2, 0.25) is 0 Å². The van der Waals surface area contributed by atoms with Crippen LogP contribution >= 0.6 is 0 Å². The van der Waals surface area contributed by atoms with Crippen LogP contribution in [0, 0.1) is 0 Å². The molecular formula is C13H15NO. The highest BCUT2D eigenvalue weighted by Crippen LogP contribution is 2.34. The standard InChI is InChI=1S/C13H15NO/c15-13-7-3-9-14-12(13)11-5-2-1-4-10(11)6-8-13/h1-2,4-5,15H,3,6-9H2. The van der Waals surface area contributed by atoms with Gasteiger partial charge in [0.05, 0.1) is 5.71 Å². The van der Waals surface area contributed by atoms with E-state index in [4.69, 9.17) is 0 Å². The fourth-order valence-corrected chi connectivity index (χ4v) is 2.72. The van der Waals surface area contributed by atoms with E-state index in [1.54, 1.807) is 0 Å². The minimum atomic E-state index is -0.632. The van der Waals surface area contributed by atoms with Gasteiger partial charge in [-0.1, -0.05) is 24.3 Å². The van der Waals surface area contributed by atoms with Crippen LogP contribution in [0.1, 0.15) is 30.4 Å². The quantitative estimate of drug-likeness (QED) is 0.683. The molecule has 1 unspecified atom stereocenters. The Morgan fingerprint density at radius 2 is 2.07 bits per heavy atom. The van der Waals surface area contributed by atoms with E-state index in [1.807, 2.05) is 6.07 Å². The minimum absolute atomic E-state index is 0.632. The summed E-state index contributed by atoms with van der Waals surface area (Å²) in [6, 6.07) is 8.32. The van der Waals surface area contributed by atoms with Gasteiger partial charge < -0.3 is 5.11 Å². The van der Waals surface area contributed by atoms with Crippen LogP contribution in [0.25, 0.3) is 0 Å². The molecule has 0 aromatic heterocycles. The Kier molecular flexibility index (Phi) is 1.93. The van der Waals surface area contributed by atoms with Gasteiger partial charge in [0.25, 0.3) is 0 Å². The van der Waals surface area contributed by atoms with Crippen LogP contribution in [-0.2, 0) is 6.42 Å². The molecular weight excluding hydrogens is 186 g/mol. The van der Waals surface area contributed by atoms with E-state index in [9.17, 15) is 5.11 Å². The van der Waals surface area contributed by atoms with E-state index in [2.05, 4.69) is 23.2 Å². The zero-order chi connectivity index (χ0) is 10.3. The smallest absolute Gasteiger partial charge is 0.107 e. The van der Waals surface area contributed by atoms with Gasteiger partial charge >= 0.3 is 0 Å². The first-order chi connectivity index (χ1) is 7.30. The number of nitrogens with zero attached hydrogens (tertiary/aromatic N) is 1. The van der Waals surface area contributed by atoms with Crippen molar-refractivity contribution in [3.8, 4) is 0 Å². The first-order valence-electron chi connectivity index (χ1n) is 5.65. The lowest BCUT2D eigenvalue weighted by molar-refractivity contribution is 0.0843. The number of fused-ring (bicyclic) bond motifs is 3. The molecule has 0 amide bonds. The summed E-state index contributed by atoms with van der Waals surface area (Å²) < 4.78 is 0. The van der Waals surface area contributed by atoms with Gasteiger partial charge in [0, 0.05) is 12.1 Å². The van der Waals surface area contributed by atoms with E-state index in [-0.39, 0.29) is 0 Å². The fraction of sp³-hybridized carbons (Fsp3) is 0.462. The van der Waals surface area contributed by atoms with E-state index in [0.29, 0.717) is 0 Å². The number of aryl methyl sites for hydroxylation is 1. The maximum atomic E-state index is 10.5. The van der Waals surface area contributed by atoms with Gasteiger partial charge in [-0.2, -0.15) is 0 Å². The maximum absolute atomic E-state index is 10.5. The maximum Gasteiger partial charge on any atom is 0.107 e. The van der Waals surface area contributed by atoms with Gasteiger partial charge in [-0.3, -0.25) is 4.99 Å². The lowest BCUT2D eigenvalue weighted by Gasteiger charge is -2.37. The third kappa shape index (κ3) is 1.32. The van der Waals surface area contributed by atoms with E-state index in [0.717, 1.165) is 37.9 Å². The number of aliphatic imine (C=N–C) groups is 1. The first kappa shape index (κ1) is 9.10. The number of rotatable bonds is 0. The van der Waals surface area contributed by atoms with Crippen molar-refractivity contribution in [1.82, 2.24) is 0 Å². The molecule has 0 radical (unpaired) electrons. The van der Waals surface area contributed by atoms with Crippen LogP contribution in [0.15, 0.2) is 29.3 Å². The number of hydrogen-bond acceptors (Lipinski definition) is 2. The zero-order valence-corrected chi connectivity index (χ0v) is 8.74. The van der Waals surface area contributed by atoms with Crippen molar-refractivity contribution >= 4 is 5.71 Å².